The Morgan fingerprint density at radius 1 is 1.14 bits per heavy atom. The van der Waals surface area contributed by atoms with Gasteiger partial charge in [0.2, 0.25) is 5.75 Å². The van der Waals surface area contributed by atoms with E-state index in [0.29, 0.717) is 23.7 Å². The van der Waals surface area contributed by atoms with Gasteiger partial charge in [0.1, 0.15) is 0 Å². The van der Waals surface area contributed by atoms with E-state index < -0.39 is 9.84 Å². The van der Waals surface area contributed by atoms with Gasteiger partial charge in [0.25, 0.3) is 0 Å². The quantitative estimate of drug-likeness (QED) is 0.766. The molecule has 1 atom stereocenters. The minimum absolute atomic E-state index is 0.119. The van der Waals surface area contributed by atoms with Gasteiger partial charge in [-0.2, -0.15) is 0 Å². The molecule has 0 saturated carbocycles. The number of hydrogen-bond acceptors (Lipinski definition) is 6. The molecular weight excluding hydrogens is 294 g/mol. The van der Waals surface area contributed by atoms with Gasteiger partial charge in [0.15, 0.2) is 21.3 Å². The number of ether oxygens (including phenoxy) is 3. The van der Waals surface area contributed by atoms with E-state index in [1.165, 1.54) is 7.11 Å². The van der Waals surface area contributed by atoms with Crippen LogP contribution in [0.5, 0.6) is 17.2 Å². The smallest absolute Gasteiger partial charge is 0.203 e. The standard InChI is InChI=1S/C14H19NO5S/c1-18-12-6-10(7-13(19-2)14(12)20-3)8-15-11-4-5-21(16,17)9-11/h6-8,11H,4-5,9H2,1-3H3/t11-/m0/s1. The third-order valence-corrected chi connectivity index (χ3v) is 5.08. The highest BCUT2D eigenvalue weighted by Gasteiger charge is 2.26. The highest BCUT2D eigenvalue weighted by Crippen LogP contribution is 2.37. The fourth-order valence-corrected chi connectivity index (χ4v) is 3.90. The van der Waals surface area contributed by atoms with Crippen LogP contribution in [0.15, 0.2) is 17.1 Å². The molecule has 1 heterocycles. The lowest BCUT2D eigenvalue weighted by Gasteiger charge is -2.12. The summed E-state index contributed by atoms with van der Waals surface area (Å²) in [5.41, 5.74) is 0.772. The molecule has 2 rings (SSSR count). The van der Waals surface area contributed by atoms with E-state index in [1.807, 2.05) is 0 Å². The number of benzene rings is 1. The molecule has 7 heteroatoms. The first kappa shape index (κ1) is 15.6. The summed E-state index contributed by atoms with van der Waals surface area (Å²) in [6, 6.07) is 3.37. The van der Waals surface area contributed by atoms with E-state index in [4.69, 9.17) is 14.2 Å². The summed E-state index contributed by atoms with van der Waals surface area (Å²) in [5.74, 6) is 1.92. The Balaban J connectivity index is 2.24. The van der Waals surface area contributed by atoms with Gasteiger partial charge >= 0.3 is 0 Å². The summed E-state index contributed by atoms with van der Waals surface area (Å²) in [6.07, 6.45) is 2.22. The van der Waals surface area contributed by atoms with Crippen molar-refractivity contribution < 1.29 is 22.6 Å². The van der Waals surface area contributed by atoms with Crippen molar-refractivity contribution in [2.24, 2.45) is 4.99 Å². The molecule has 21 heavy (non-hydrogen) atoms. The molecule has 0 bridgehead atoms. The van der Waals surface area contributed by atoms with Crippen molar-refractivity contribution >= 4 is 16.1 Å². The maximum Gasteiger partial charge on any atom is 0.203 e. The van der Waals surface area contributed by atoms with Crippen molar-refractivity contribution in [2.45, 2.75) is 12.5 Å². The first-order chi connectivity index (χ1) is 9.99. The van der Waals surface area contributed by atoms with Crippen LogP contribution in [0.4, 0.5) is 0 Å². The van der Waals surface area contributed by atoms with Gasteiger partial charge in [-0.15, -0.1) is 0 Å². The van der Waals surface area contributed by atoms with Crippen LogP contribution in [-0.4, -0.2) is 53.5 Å². The molecule has 0 aliphatic carbocycles. The van der Waals surface area contributed by atoms with E-state index in [9.17, 15) is 8.42 Å². The molecule has 1 aliphatic heterocycles. The van der Waals surface area contributed by atoms with E-state index >= 15 is 0 Å². The van der Waals surface area contributed by atoms with Crippen molar-refractivity contribution in [3.8, 4) is 17.2 Å². The van der Waals surface area contributed by atoms with Crippen LogP contribution in [0.2, 0.25) is 0 Å². The summed E-state index contributed by atoms with van der Waals surface area (Å²) in [6.45, 7) is 0. The van der Waals surface area contributed by atoms with Gasteiger partial charge in [0.05, 0.1) is 38.9 Å². The minimum atomic E-state index is -2.92. The lowest BCUT2D eigenvalue weighted by Crippen LogP contribution is -2.07. The normalized spacial score (nSPS) is 20.6. The van der Waals surface area contributed by atoms with Crippen molar-refractivity contribution in [1.82, 2.24) is 0 Å². The van der Waals surface area contributed by atoms with E-state index in [2.05, 4.69) is 4.99 Å². The van der Waals surface area contributed by atoms with Crippen LogP contribution < -0.4 is 14.2 Å². The third-order valence-electron chi connectivity index (χ3n) is 3.33. The topological polar surface area (TPSA) is 74.2 Å². The molecule has 0 N–H and O–H groups in total. The second-order valence-electron chi connectivity index (χ2n) is 4.79. The molecule has 0 amide bonds. The van der Waals surface area contributed by atoms with Crippen LogP contribution in [-0.2, 0) is 9.84 Å². The van der Waals surface area contributed by atoms with E-state index in [0.717, 1.165) is 5.56 Å². The molecular formula is C14H19NO5S. The molecule has 1 aromatic rings. The molecule has 0 spiro atoms. The summed E-state index contributed by atoms with van der Waals surface area (Å²) >= 11 is 0. The van der Waals surface area contributed by atoms with Crippen molar-refractivity contribution in [2.75, 3.05) is 32.8 Å². The van der Waals surface area contributed by atoms with E-state index in [-0.39, 0.29) is 17.5 Å². The van der Waals surface area contributed by atoms with Gasteiger partial charge in [0, 0.05) is 6.21 Å². The Hall–Kier alpha value is -1.76. The van der Waals surface area contributed by atoms with Gasteiger partial charge in [-0.25, -0.2) is 8.42 Å². The predicted molar refractivity (Wildman–Crippen MR) is 80.8 cm³/mol. The minimum Gasteiger partial charge on any atom is -0.493 e. The average molecular weight is 313 g/mol. The Morgan fingerprint density at radius 2 is 1.76 bits per heavy atom. The number of aliphatic imine (C=N–C) groups is 1. The van der Waals surface area contributed by atoms with Gasteiger partial charge in [-0.1, -0.05) is 0 Å². The predicted octanol–water partition coefficient (Wildman–Crippen LogP) is 1.32. The highest BCUT2D eigenvalue weighted by molar-refractivity contribution is 7.91. The Bertz CT molecular complexity index is 614. The second-order valence-corrected chi connectivity index (χ2v) is 7.02. The maximum absolute atomic E-state index is 11.4. The molecule has 0 radical (unpaired) electrons. The van der Waals surface area contributed by atoms with Gasteiger partial charge in [-0.3, -0.25) is 4.99 Å². The highest BCUT2D eigenvalue weighted by atomic mass is 32.2. The lowest BCUT2D eigenvalue weighted by molar-refractivity contribution is 0.324. The largest absolute Gasteiger partial charge is 0.493 e. The molecule has 1 fully saturated rings. The first-order valence-electron chi connectivity index (χ1n) is 6.52. The van der Waals surface area contributed by atoms with Gasteiger partial charge < -0.3 is 14.2 Å². The number of nitrogens with zero attached hydrogens (tertiary/aromatic N) is 1. The zero-order valence-corrected chi connectivity index (χ0v) is 13.1. The van der Waals surface area contributed by atoms with Crippen LogP contribution in [0, 0.1) is 0 Å². The monoisotopic (exact) mass is 313 g/mol. The summed E-state index contributed by atoms with van der Waals surface area (Å²) < 4.78 is 38.6. The zero-order valence-electron chi connectivity index (χ0n) is 12.3. The fraction of sp³-hybridized carbons (Fsp3) is 0.500. The summed E-state index contributed by atoms with van der Waals surface area (Å²) in [5, 5.41) is 0. The number of hydrogen-bond donors (Lipinski definition) is 0. The summed E-state index contributed by atoms with van der Waals surface area (Å²) in [7, 11) is 1.71. The molecule has 0 aromatic heterocycles. The number of sulfone groups is 1. The first-order valence-corrected chi connectivity index (χ1v) is 8.35. The second kappa shape index (κ2) is 6.34. The molecule has 0 unspecified atom stereocenters. The SMILES string of the molecule is COc1cc(C=N[C@H]2CCS(=O)(=O)C2)cc(OC)c1OC. The average Bonchev–Trinajstić information content (AvgIpc) is 2.83. The molecule has 1 saturated heterocycles. The molecule has 1 aromatic carbocycles. The van der Waals surface area contributed by atoms with Crippen LogP contribution in [0.3, 0.4) is 0 Å². The third kappa shape index (κ3) is 3.66. The Kier molecular flexibility index (Phi) is 4.72. The van der Waals surface area contributed by atoms with Crippen molar-refractivity contribution in [3.05, 3.63) is 17.7 Å². The van der Waals surface area contributed by atoms with Crippen LogP contribution in [0.1, 0.15) is 12.0 Å². The molecule has 116 valence electrons. The van der Waals surface area contributed by atoms with Crippen LogP contribution >= 0.6 is 0 Å². The molecule has 6 nitrogen and oxygen atoms in total. The van der Waals surface area contributed by atoms with Crippen molar-refractivity contribution in [1.29, 1.82) is 0 Å². The van der Waals surface area contributed by atoms with Gasteiger partial charge in [-0.05, 0) is 24.1 Å². The maximum atomic E-state index is 11.4. The Morgan fingerprint density at radius 3 is 2.19 bits per heavy atom. The van der Waals surface area contributed by atoms with E-state index in [1.54, 1.807) is 32.6 Å². The number of methoxy groups -OCH3 is 3. The fourth-order valence-electron chi connectivity index (χ4n) is 2.26. The lowest BCUT2D eigenvalue weighted by atomic mass is 10.2. The van der Waals surface area contributed by atoms with Crippen molar-refractivity contribution in [3.63, 3.8) is 0 Å². The summed E-state index contributed by atoms with van der Waals surface area (Å²) in [4.78, 5) is 4.34. The molecule has 1 aliphatic rings. The zero-order chi connectivity index (χ0) is 15.5. The number of rotatable bonds is 5. The Labute approximate surface area is 124 Å². The van der Waals surface area contributed by atoms with Crippen LogP contribution in [0.25, 0.3) is 0 Å².